The van der Waals surface area contributed by atoms with Crippen LogP contribution in [0.15, 0.2) is 36.8 Å². The number of sulfonamides is 1. The van der Waals surface area contributed by atoms with Crippen molar-refractivity contribution < 1.29 is 17.9 Å². The van der Waals surface area contributed by atoms with Crippen molar-refractivity contribution >= 4 is 32.4 Å². The number of hydrogen-bond acceptors (Lipinski definition) is 9. The van der Waals surface area contributed by atoms with Gasteiger partial charge in [-0.05, 0) is 36.6 Å². The summed E-state index contributed by atoms with van der Waals surface area (Å²) in [5.41, 5.74) is 2.80. The summed E-state index contributed by atoms with van der Waals surface area (Å²) in [4.78, 5) is 15.5. The van der Waals surface area contributed by atoms with E-state index in [1.807, 2.05) is 18.2 Å². The Balaban J connectivity index is 1.40. The van der Waals surface area contributed by atoms with Crippen molar-refractivity contribution in [2.24, 2.45) is 0 Å². The molecule has 0 bridgehead atoms. The number of methoxy groups -OCH3 is 1. The fourth-order valence-corrected chi connectivity index (χ4v) is 5.37. The van der Waals surface area contributed by atoms with Crippen LogP contribution in [-0.4, -0.2) is 80.0 Å². The van der Waals surface area contributed by atoms with Gasteiger partial charge in [0.15, 0.2) is 0 Å². The minimum atomic E-state index is -3.44. The molecule has 2 aromatic heterocycles. The lowest BCUT2D eigenvalue weighted by atomic mass is 10.0. The third kappa shape index (κ3) is 5.06. The third-order valence-electron chi connectivity index (χ3n) is 6.05. The first-order valence-electron chi connectivity index (χ1n) is 11.4. The van der Waals surface area contributed by atoms with Crippen molar-refractivity contribution in [2.45, 2.75) is 18.1 Å². The molecule has 5 rings (SSSR count). The molecule has 0 spiro atoms. The molecule has 1 aliphatic carbocycles. The molecule has 3 aromatic rings. The Hall–Kier alpha value is -3.02. The second kappa shape index (κ2) is 9.69. The monoisotopic (exact) mass is 484 g/mol. The molecule has 0 atom stereocenters. The lowest BCUT2D eigenvalue weighted by molar-refractivity contribution is 0.0398. The summed E-state index contributed by atoms with van der Waals surface area (Å²) in [6.45, 7) is 5.08. The highest BCUT2D eigenvalue weighted by atomic mass is 32.2. The highest BCUT2D eigenvalue weighted by molar-refractivity contribution is 7.93. The van der Waals surface area contributed by atoms with Crippen molar-refractivity contribution in [1.82, 2.24) is 19.9 Å². The summed E-state index contributed by atoms with van der Waals surface area (Å²) < 4.78 is 38.3. The molecular weight excluding hydrogens is 456 g/mol. The predicted molar refractivity (Wildman–Crippen MR) is 131 cm³/mol. The molecule has 0 unspecified atom stereocenters. The first kappa shape index (κ1) is 22.8. The van der Waals surface area contributed by atoms with Crippen LogP contribution in [0.2, 0.25) is 0 Å². The molecule has 11 heteroatoms. The molecule has 1 saturated carbocycles. The van der Waals surface area contributed by atoms with Crippen LogP contribution in [0.4, 0.5) is 11.5 Å². The zero-order chi connectivity index (χ0) is 23.5. The number of nitrogens with one attached hydrogen (secondary N) is 2. The van der Waals surface area contributed by atoms with Gasteiger partial charge in [0, 0.05) is 43.3 Å². The van der Waals surface area contributed by atoms with Gasteiger partial charge in [0.2, 0.25) is 15.9 Å². The predicted octanol–water partition coefficient (Wildman–Crippen LogP) is 2.35. The quantitative estimate of drug-likeness (QED) is 0.472. The smallest absolute Gasteiger partial charge is 0.238 e. The zero-order valence-corrected chi connectivity index (χ0v) is 19.8. The van der Waals surface area contributed by atoms with E-state index in [1.165, 1.54) is 7.11 Å². The number of rotatable bonds is 9. The van der Waals surface area contributed by atoms with E-state index < -0.39 is 10.0 Å². The number of morpholine rings is 1. The van der Waals surface area contributed by atoms with Crippen LogP contribution in [0.1, 0.15) is 12.8 Å². The van der Waals surface area contributed by atoms with E-state index in [9.17, 15) is 8.42 Å². The van der Waals surface area contributed by atoms with Gasteiger partial charge in [0.05, 0.1) is 31.1 Å². The summed E-state index contributed by atoms with van der Waals surface area (Å²) in [6, 6.07) is 7.62. The summed E-state index contributed by atoms with van der Waals surface area (Å²) in [7, 11) is -1.97. The van der Waals surface area contributed by atoms with E-state index in [0.717, 1.165) is 67.2 Å². The first-order chi connectivity index (χ1) is 16.5. The third-order valence-corrected chi connectivity index (χ3v) is 7.91. The lowest BCUT2D eigenvalue weighted by Gasteiger charge is -2.26. The molecule has 34 heavy (non-hydrogen) atoms. The number of ether oxygens (including phenoxy) is 2. The molecule has 2 aliphatic rings. The number of nitrogens with zero attached hydrogens (tertiary/aromatic N) is 4. The van der Waals surface area contributed by atoms with Gasteiger partial charge in [-0.3, -0.25) is 9.62 Å². The van der Waals surface area contributed by atoms with E-state index in [-0.39, 0.29) is 11.1 Å². The molecule has 10 nitrogen and oxygen atoms in total. The van der Waals surface area contributed by atoms with Gasteiger partial charge in [-0.15, -0.1) is 0 Å². The number of fused-ring (bicyclic) bond motifs is 1. The molecule has 180 valence electrons. The van der Waals surface area contributed by atoms with Crippen LogP contribution in [0.25, 0.3) is 22.0 Å². The minimum Gasteiger partial charge on any atom is -0.480 e. The molecule has 0 amide bonds. The minimum absolute atomic E-state index is 0.238. The van der Waals surface area contributed by atoms with Crippen molar-refractivity contribution in [3.63, 3.8) is 0 Å². The van der Waals surface area contributed by atoms with Gasteiger partial charge < -0.3 is 14.8 Å². The highest BCUT2D eigenvalue weighted by Crippen LogP contribution is 2.35. The van der Waals surface area contributed by atoms with Crippen molar-refractivity contribution in [3.05, 3.63) is 36.8 Å². The van der Waals surface area contributed by atoms with Crippen LogP contribution >= 0.6 is 0 Å². The molecule has 2 fully saturated rings. The van der Waals surface area contributed by atoms with Gasteiger partial charge in [-0.1, -0.05) is 6.07 Å². The highest BCUT2D eigenvalue weighted by Gasteiger charge is 2.36. The maximum Gasteiger partial charge on any atom is 0.238 e. The number of hydrogen-bond donors (Lipinski definition) is 2. The van der Waals surface area contributed by atoms with Crippen LogP contribution in [-0.2, 0) is 14.8 Å². The van der Waals surface area contributed by atoms with E-state index in [0.29, 0.717) is 18.5 Å². The summed E-state index contributed by atoms with van der Waals surface area (Å²) in [5.74, 6) is 0.999. The van der Waals surface area contributed by atoms with E-state index >= 15 is 0 Å². The van der Waals surface area contributed by atoms with Gasteiger partial charge in [-0.2, -0.15) is 0 Å². The summed E-state index contributed by atoms with van der Waals surface area (Å²) in [6.07, 6.45) is 4.58. The number of benzene rings is 1. The molecule has 1 saturated heterocycles. The van der Waals surface area contributed by atoms with Crippen LogP contribution in [0.3, 0.4) is 0 Å². The van der Waals surface area contributed by atoms with Crippen LogP contribution < -0.4 is 14.8 Å². The van der Waals surface area contributed by atoms with Crippen molar-refractivity contribution in [3.8, 4) is 17.0 Å². The summed E-state index contributed by atoms with van der Waals surface area (Å²) >= 11 is 0. The Labute approximate surface area is 198 Å². The maximum absolute atomic E-state index is 12.5. The molecule has 0 radical (unpaired) electrons. The van der Waals surface area contributed by atoms with Gasteiger partial charge in [0.25, 0.3) is 0 Å². The molecule has 1 aromatic carbocycles. The average molecular weight is 485 g/mol. The van der Waals surface area contributed by atoms with Crippen LogP contribution in [0.5, 0.6) is 5.88 Å². The fraction of sp³-hybridized carbons (Fsp3) is 0.435. The second-order valence-corrected chi connectivity index (χ2v) is 10.4. The largest absolute Gasteiger partial charge is 0.480 e. The van der Waals surface area contributed by atoms with Crippen LogP contribution in [0, 0.1) is 0 Å². The van der Waals surface area contributed by atoms with Crippen molar-refractivity contribution in [1.29, 1.82) is 0 Å². The normalized spacial score (nSPS) is 17.0. The standard InChI is InChI=1S/C23H28N6O4S/c1-32-23-21(28-34(30,31)18-3-4-18)13-17(14-25-23)16-2-5-20-19(12-16)22(27-15-26-20)24-6-7-29-8-10-33-11-9-29/h2,5,12-15,18,28H,3-4,6-11H2,1H3,(H,24,26,27). The average Bonchev–Trinajstić information content (AvgIpc) is 3.71. The second-order valence-electron chi connectivity index (χ2n) is 8.46. The van der Waals surface area contributed by atoms with Crippen molar-refractivity contribution in [2.75, 3.05) is 56.5 Å². The Morgan fingerprint density at radius 1 is 1.12 bits per heavy atom. The number of pyridine rings is 1. The number of aromatic nitrogens is 3. The Bertz CT molecular complexity index is 1280. The fourth-order valence-electron chi connectivity index (χ4n) is 4.00. The maximum atomic E-state index is 12.5. The van der Waals surface area contributed by atoms with Gasteiger partial charge in [0.1, 0.15) is 17.8 Å². The molecule has 2 N–H and O–H groups in total. The lowest BCUT2D eigenvalue weighted by Crippen LogP contribution is -2.39. The van der Waals surface area contributed by atoms with E-state index in [2.05, 4.69) is 29.9 Å². The van der Waals surface area contributed by atoms with Gasteiger partial charge in [-0.25, -0.2) is 23.4 Å². The Morgan fingerprint density at radius 2 is 1.94 bits per heavy atom. The Kier molecular flexibility index (Phi) is 6.48. The molecule has 1 aliphatic heterocycles. The summed E-state index contributed by atoms with van der Waals surface area (Å²) in [5, 5.41) is 3.98. The Morgan fingerprint density at radius 3 is 2.71 bits per heavy atom. The zero-order valence-electron chi connectivity index (χ0n) is 19.0. The molecule has 3 heterocycles. The first-order valence-corrected chi connectivity index (χ1v) is 12.9. The molecular formula is C23H28N6O4S. The van der Waals surface area contributed by atoms with E-state index in [1.54, 1.807) is 18.6 Å². The topological polar surface area (TPSA) is 119 Å². The van der Waals surface area contributed by atoms with Gasteiger partial charge >= 0.3 is 0 Å². The number of anilines is 2. The van der Waals surface area contributed by atoms with E-state index in [4.69, 9.17) is 9.47 Å². The SMILES string of the molecule is COc1ncc(-c2ccc3ncnc(NCCN4CCOCC4)c3c2)cc1NS(=O)(=O)C1CC1.